The third-order valence-electron chi connectivity index (χ3n) is 4.74. The van der Waals surface area contributed by atoms with Crippen LogP contribution in [0.25, 0.3) is 10.9 Å². The average Bonchev–Trinajstić information content (AvgIpc) is 3.16. The smallest absolute Gasteiger partial charge is 0.270 e. The number of fused-ring (bicyclic) bond motifs is 1. The van der Waals surface area contributed by atoms with Crippen LogP contribution in [0.4, 0.5) is 5.95 Å². The number of carbonyl (C=O) groups is 1. The van der Waals surface area contributed by atoms with Crippen LogP contribution in [-0.2, 0) is 13.0 Å². The molecule has 6 nitrogen and oxygen atoms in total. The fourth-order valence-corrected chi connectivity index (χ4v) is 3.28. The Hall–Kier alpha value is -3.67. The highest BCUT2D eigenvalue weighted by atomic mass is 16.1. The van der Waals surface area contributed by atoms with Crippen molar-refractivity contribution in [2.45, 2.75) is 19.9 Å². The van der Waals surface area contributed by atoms with E-state index in [1.165, 1.54) is 10.9 Å². The van der Waals surface area contributed by atoms with Crippen LogP contribution in [0.1, 0.15) is 27.3 Å². The molecule has 6 heteroatoms. The SMILES string of the molecule is Cc1cc(C(=O)NCCc2c[nH]c3ccccc23)nc(NCc2ccccc2)n1. The number of hydrogen-bond acceptors (Lipinski definition) is 4. The minimum absolute atomic E-state index is 0.196. The summed E-state index contributed by atoms with van der Waals surface area (Å²) in [5.41, 5.74) is 4.53. The number of nitrogens with one attached hydrogen (secondary N) is 3. The number of anilines is 1. The number of H-pyrrole nitrogens is 1. The normalized spacial score (nSPS) is 10.8. The Kier molecular flexibility index (Phi) is 5.52. The second-order valence-electron chi connectivity index (χ2n) is 6.92. The van der Waals surface area contributed by atoms with Crippen LogP contribution in [0.2, 0.25) is 0 Å². The lowest BCUT2D eigenvalue weighted by Gasteiger charge is -2.09. The van der Waals surface area contributed by atoms with Gasteiger partial charge in [0.2, 0.25) is 5.95 Å². The van der Waals surface area contributed by atoms with Crippen LogP contribution in [-0.4, -0.2) is 27.4 Å². The topological polar surface area (TPSA) is 82.7 Å². The lowest BCUT2D eigenvalue weighted by molar-refractivity contribution is 0.0949. The van der Waals surface area contributed by atoms with E-state index in [-0.39, 0.29) is 5.91 Å². The zero-order chi connectivity index (χ0) is 20.1. The van der Waals surface area contributed by atoms with Crippen molar-refractivity contribution >= 4 is 22.8 Å². The molecule has 3 N–H and O–H groups in total. The molecule has 1 amide bonds. The van der Waals surface area contributed by atoms with Gasteiger partial charge in [0.15, 0.2) is 0 Å². The molecule has 0 spiro atoms. The molecule has 0 fully saturated rings. The molecule has 0 saturated heterocycles. The zero-order valence-electron chi connectivity index (χ0n) is 16.3. The third kappa shape index (κ3) is 4.60. The Morgan fingerprint density at radius 3 is 2.69 bits per heavy atom. The minimum atomic E-state index is -0.196. The van der Waals surface area contributed by atoms with Crippen molar-refractivity contribution in [3.8, 4) is 0 Å². The van der Waals surface area contributed by atoms with Crippen LogP contribution in [0.5, 0.6) is 0 Å². The van der Waals surface area contributed by atoms with Gasteiger partial charge in [-0.05, 0) is 36.6 Å². The lowest BCUT2D eigenvalue weighted by Crippen LogP contribution is -2.27. The first-order valence-electron chi connectivity index (χ1n) is 9.66. The van der Waals surface area contributed by atoms with Crippen LogP contribution in [0.15, 0.2) is 66.9 Å². The molecule has 0 aliphatic carbocycles. The lowest BCUT2D eigenvalue weighted by atomic mass is 10.1. The van der Waals surface area contributed by atoms with Crippen LogP contribution in [0, 0.1) is 6.92 Å². The summed E-state index contributed by atoms with van der Waals surface area (Å²) in [7, 11) is 0. The van der Waals surface area contributed by atoms with Gasteiger partial charge in [-0.3, -0.25) is 4.79 Å². The van der Waals surface area contributed by atoms with Gasteiger partial charge in [0.05, 0.1) is 0 Å². The van der Waals surface area contributed by atoms with Gasteiger partial charge in [0, 0.05) is 35.9 Å². The number of hydrogen-bond donors (Lipinski definition) is 3. The molecular formula is C23H23N5O. The summed E-state index contributed by atoms with van der Waals surface area (Å²) in [6.07, 6.45) is 2.75. The Morgan fingerprint density at radius 2 is 1.83 bits per heavy atom. The second-order valence-corrected chi connectivity index (χ2v) is 6.92. The number of rotatable bonds is 7. The fraction of sp³-hybridized carbons (Fsp3) is 0.174. The molecule has 0 unspecified atom stereocenters. The number of carbonyl (C=O) groups excluding carboxylic acids is 1. The van der Waals surface area contributed by atoms with Gasteiger partial charge in [0.1, 0.15) is 5.69 Å². The summed E-state index contributed by atoms with van der Waals surface area (Å²) in [5.74, 6) is 0.258. The molecule has 0 bridgehead atoms. The van der Waals surface area contributed by atoms with E-state index in [4.69, 9.17) is 0 Å². The van der Waals surface area contributed by atoms with Crippen molar-refractivity contribution in [3.05, 3.63) is 89.4 Å². The molecule has 2 aromatic carbocycles. The predicted molar refractivity (Wildman–Crippen MR) is 115 cm³/mol. The van der Waals surface area contributed by atoms with Crippen LogP contribution >= 0.6 is 0 Å². The summed E-state index contributed by atoms with van der Waals surface area (Å²) in [4.78, 5) is 24.6. The Bertz CT molecular complexity index is 1120. The molecule has 2 heterocycles. The van der Waals surface area contributed by atoms with E-state index >= 15 is 0 Å². The number of aromatic nitrogens is 3. The number of aromatic amines is 1. The van der Waals surface area contributed by atoms with Crippen LogP contribution in [0.3, 0.4) is 0 Å². The van der Waals surface area contributed by atoms with Gasteiger partial charge in [-0.2, -0.15) is 0 Å². The Morgan fingerprint density at radius 1 is 1.03 bits per heavy atom. The van der Waals surface area contributed by atoms with Crippen molar-refractivity contribution in [2.24, 2.45) is 0 Å². The second kappa shape index (κ2) is 8.56. The van der Waals surface area contributed by atoms with E-state index in [0.717, 1.165) is 23.2 Å². The summed E-state index contributed by atoms with van der Waals surface area (Å²) in [6, 6.07) is 19.9. The molecule has 4 aromatic rings. The standard InChI is InChI=1S/C23H23N5O/c1-16-13-21(28-23(27-16)26-14-17-7-3-2-4-8-17)22(29)24-12-11-18-15-25-20-10-6-5-9-19(18)20/h2-10,13,15,25H,11-12,14H2,1H3,(H,24,29)(H,26,27,28). The van der Waals surface area contributed by atoms with Gasteiger partial charge < -0.3 is 15.6 Å². The van der Waals surface area contributed by atoms with E-state index in [2.05, 4.69) is 31.7 Å². The maximum absolute atomic E-state index is 12.6. The van der Waals surface area contributed by atoms with E-state index in [9.17, 15) is 4.79 Å². The highest BCUT2D eigenvalue weighted by Gasteiger charge is 2.11. The summed E-state index contributed by atoms with van der Waals surface area (Å²) in [6.45, 7) is 3.00. The predicted octanol–water partition coefficient (Wildman–Crippen LogP) is 3.85. The fourth-order valence-electron chi connectivity index (χ4n) is 3.28. The van der Waals surface area contributed by atoms with Crippen LogP contribution < -0.4 is 10.6 Å². The number of amides is 1. The molecule has 0 radical (unpaired) electrons. The van der Waals surface area contributed by atoms with Crippen molar-refractivity contribution in [1.82, 2.24) is 20.3 Å². The third-order valence-corrected chi connectivity index (χ3v) is 4.74. The Balaban J connectivity index is 1.37. The summed E-state index contributed by atoms with van der Waals surface area (Å²) in [5, 5.41) is 7.34. The van der Waals surface area contributed by atoms with E-state index in [1.807, 2.05) is 61.7 Å². The molecule has 0 aliphatic rings. The zero-order valence-corrected chi connectivity index (χ0v) is 16.3. The largest absolute Gasteiger partial charge is 0.361 e. The molecular weight excluding hydrogens is 362 g/mol. The van der Waals surface area contributed by atoms with Crippen molar-refractivity contribution in [1.29, 1.82) is 0 Å². The van der Waals surface area contributed by atoms with E-state index in [0.29, 0.717) is 24.7 Å². The molecule has 0 aliphatic heterocycles. The van der Waals surface area contributed by atoms with Gasteiger partial charge in [-0.25, -0.2) is 9.97 Å². The van der Waals surface area contributed by atoms with E-state index in [1.54, 1.807) is 6.07 Å². The number of benzene rings is 2. The number of nitrogens with zero attached hydrogens (tertiary/aromatic N) is 2. The molecule has 29 heavy (non-hydrogen) atoms. The monoisotopic (exact) mass is 385 g/mol. The van der Waals surface area contributed by atoms with Gasteiger partial charge in [-0.1, -0.05) is 48.5 Å². The quantitative estimate of drug-likeness (QED) is 0.451. The maximum atomic E-state index is 12.6. The number of para-hydroxylation sites is 1. The first kappa shape index (κ1) is 18.7. The van der Waals surface area contributed by atoms with Gasteiger partial charge >= 0.3 is 0 Å². The number of aryl methyl sites for hydroxylation is 1. The molecule has 4 rings (SSSR count). The maximum Gasteiger partial charge on any atom is 0.270 e. The summed E-state index contributed by atoms with van der Waals surface area (Å²) < 4.78 is 0. The summed E-state index contributed by atoms with van der Waals surface area (Å²) >= 11 is 0. The molecule has 146 valence electrons. The minimum Gasteiger partial charge on any atom is -0.361 e. The molecule has 0 saturated carbocycles. The van der Waals surface area contributed by atoms with Crippen molar-refractivity contribution in [2.75, 3.05) is 11.9 Å². The Labute approximate surface area is 169 Å². The van der Waals surface area contributed by atoms with Gasteiger partial charge in [0.25, 0.3) is 5.91 Å². The highest BCUT2D eigenvalue weighted by Crippen LogP contribution is 2.17. The molecule has 0 atom stereocenters. The molecule has 2 aromatic heterocycles. The van der Waals surface area contributed by atoms with Crippen molar-refractivity contribution < 1.29 is 4.79 Å². The first-order chi connectivity index (χ1) is 14.2. The first-order valence-corrected chi connectivity index (χ1v) is 9.66. The average molecular weight is 385 g/mol. The highest BCUT2D eigenvalue weighted by molar-refractivity contribution is 5.92. The van der Waals surface area contributed by atoms with Gasteiger partial charge in [-0.15, -0.1) is 0 Å². The van der Waals surface area contributed by atoms with E-state index < -0.39 is 0 Å². The van der Waals surface area contributed by atoms with Crippen molar-refractivity contribution in [3.63, 3.8) is 0 Å².